The number of benzene rings is 1. The topological polar surface area (TPSA) is 38.8 Å². The second-order valence-electron chi connectivity index (χ2n) is 7.19. The van der Waals surface area contributed by atoms with Crippen molar-refractivity contribution >= 4 is 5.78 Å². The van der Waals surface area contributed by atoms with Gasteiger partial charge in [-0.25, -0.2) is 0 Å². The van der Waals surface area contributed by atoms with Gasteiger partial charge in [0.1, 0.15) is 5.75 Å². The van der Waals surface area contributed by atoms with Gasteiger partial charge in [0.2, 0.25) is 0 Å². The smallest absolute Gasteiger partial charge is 0.174 e. The van der Waals surface area contributed by atoms with Crippen molar-refractivity contribution in [3.05, 3.63) is 29.3 Å². The zero-order valence-electron chi connectivity index (χ0n) is 13.0. The van der Waals surface area contributed by atoms with Crippen molar-refractivity contribution in [3.8, 4) is 5.75 Å². The van der Waals surface area contributed by atoms with E-state index in [1.54, 1.807) is 0 Å². The lowest BCUT2D eigenvalue weighted by atomic mass is 9.49. The average molecular weight is 298 g/mol. The first-order chi connectivity index (χ1) is 10.6. The van der Waals surface area contributed by atoms with E-state index in [1.807, 2.05) is 13.2 Å². The van der Waals surface area contributed by atoms with Gasteiger partial charge in [0, 0.05) is 31.2 Å². The Bertz CT molecular complexity index is 687. The van der Waals surface area contributed by atoms with Crippen LogP contribution < -0.4 is 4.74 Å². The van der Waals surface area contributed by atoms with E-state index in [4.69, 9.17) is 9.47 Å². The van der Waals surface area contributed by atoms with E-state index in [2.05, 4.69) is 24.1 Å². The highest BCUT2D eigenvalue weighted by Gasteiger charge is 2.73. The third-order valence-corrected chi connectivity index (χ3v) is 6.67. The van der Waals surface area contributed by atoms with Crippen molar-refractivity contribution in [2.24, 2.45) is 0 Å². The molecule has 0 aromatic heterocycles. The van der Waals surface area contributed by atoms with Gasteiger partial charge in [0.15, 0.2) is 11.9 Å². The van der Waals surface area contributed by atoms with Gasteiger partial charge in [-0.3, -0.25) is 4.79 Å². The fourth-order valence-electron chi connectivity index (χ4n) is 5.80. The maximum absolute atomic E-state index is 12.7. The Balaban J connectivity index is 1.87. The minimum atomic E-state index is -0.384. The van der Waals surface area contributed by atoms with Gasteiger partial charge in [0.05, 0.1) is 11.0 Å². The third kappa shape index (κ3) is 1.16. The molecule has 1 radical (unpaired) electrons. The number of likely N-dealkylation sites (N-methyl/N-ethyl adjacent to an activating group) is 1. The van der Waals surface area contributed by atoms with Crippen LogP contribution in [0.5, 0.6) is 5.75 Å². The van der Waals surface area contributed by atoms with Crippen molar-refractivity contribution in [1.82, 2.24) is 4.90 Å². The van der Waals surface area contributed by atoms with Gasteiger partial charge >= 0.3 is 0 Å². The highest BCUT2D eigenvalue weighted by Crippen LogP contribution is 2.64. The first-order valence-electron chi connectivity index (χ1n) is 8.13. The van der Waals surface area contributed by atoms with Crippen LogP contribution in [0, 0.1) is 6.07 Å². The highest BCUT2D eigenvalue weighted by atomic mass is 16.5. The predicted octanol–water partition coefficient (Wildman–Crippen LogP) is 1.49. The summed E-state index contributed by atoms with van der Waals surface area (Å²) in [5.41, 5.74) is 1.91. The summed E-state index contributed by atoms with van der Waals surface area (Å²) < 4.78 is 12.4. The number of nitrogens with zero attached hydrogens (tertiary/aromatic N) is 1. The Hall–Kier alpha value is -1.39. The van der Waals surface area contributed by atoms with E-state index in [1.165, 1.54) is 11.1 Å². The van der Waals surface area contributed by atoms with Crippen molar-refractivity contribution in [1.29, 1.82) is 0 Å². The normalized spacial score (nSPS) is 42.0. The second-order valence-corrected chi connectivity index (χ2v) is 7.19. The lowest BCUT2D eigenvalue weighted by molar-refractivity contribution is -0.198. The van der Waals surface area contributed by atoms with Crippen LogP contribution in [0.3, 0.4) is 0 Å². The maximum atomic E-state index is 12.7. The zero-order chi connectivity index (χ0) is 15.1. The number of Topliss-reactive ketones (excluding diaryl/α,β-unsaturated/α-hetero) is 1. The molecule has 4 atom stereocenters. The number of methoxy groups -OCH3 is 1. The number of carbonyl (C=O) groups is 1. The summed E-state index contributed by atoms with van der Waals surface area (Å²) in [4.78, 5) is 15.1. The Morgan fingerprint density at radius 2 is 2.32 bits per heavy atom. The predicted molar refractivity (Wildman–Crippen MR) is 80.1 cm³/mol. The molecule has 1 saturated carbocycles. The average Bonchev–Trinajstić information content (AvgIpc) is 2.88. The largest absolute Gasteiger partial charge is 0.481 e. The second kappa shape index (κ2) is 3.92. The summed E-state index contributed by atoms with van der Waals surface area (Å²) >= 11 is 0. The van der Waals surface area contributed by atoms with E-state index < -0.39 is 0 Å². The van der Waals surface area contributed by atoms with Gasteiger partial charge in [-0.05, 0) is 38.4 Å². The van der Waals surface area contributed by atoms with Crippen LogP contribution in [0.2, 0.25) is 0 Å². The van der Waals surface area contributed by atoms with Gasteiger partial charge in [-0.1, -0.05) is 12.1 Å². The summed E-state index contributed by atoms with van der Waals surface area (Å²) in [6.07, 6.45) is 2.85. The summed E-state index contributed by atoms with van der Waals surface area (Å²) in [6.45, 7) is 0.983. The molecule has 0 N–H and O–H groups in total. The van der Waals surface area contributed by atoms with Crippen LogP contribution in [0.15, 0.2) is 12.1 Å². The minimum Gasteiger partial charge on any atom is -0.481 e. The molecule has 2 fully saturated rings. The number of hydrogen-bond donors (Lipinski definition) is 0. The van der Waals surface area contributed by atoms with Crippen molar-refractivity contribution in [3.63, 3.8) is 0 Å². The first-order valence-corrected chi connectivity index (χ1v) is 8.13. The van der Waals surface area contributed by atoms with E-state index in [-0.39, 0.29) is 22.9 Å². The number of likely N-dealkylation sites (tertiary alicyclic amines) is 1. The molecule has 0 unspecified atom stereocenters. The van der Waals surface area contributed by atoms with E-state index in [9.17, 15) is 4.79 Å². The molecule has 4 aliphatic rings. The molecule has 4 nitrogen and oxygen atoms in total. The number of ketones is 1. The van der Waals surface area contributed by atoms with Crippen LogP contribution in [0.1, 0.15) is 30.4 Å². The van der Waals surface area contributed by atoms with Gasteiger partial charge in [-0.2, -0.15) is 0 Å². The molecule has 1 aromatic carbocycles. The quantitative estimate of drug-likeness (QED) is 0.787. The first kappa shape index (κ1) is 13.1. The summed E-state index contributed by atoms with van der Waals surface area (Å²) in [6, 6.07) is 7.62. The molecule has 2 bridgehead atoms. The SMILES string of the molecule is CO[C@@]12CCC(=O)[C@@H]3Oc4[c]ccc5c4[C@@]31CCN(C)[C@@H]2C5. The molecule has 115 valence electrons. The molecule has 1 aromatic rings. The molecule has 22 heavy (non-hydrogen) atoms. The molecule has 2 heterocycles. The standard InChI is InChI=1S/C18H20NO3/c1-19-9-8-17-15-11-4-3-5-13(15)22-16(17)12(20)6-7-18(17,21-2)14(19)10-11/h3-4,14,16H,6-10H2,1-2H3/t14-,16+,17+,18-/m1/s1. The van der Waals surface area contributed by atoms with Crippen molar-refractivity contribution in [2.75, 3.05) is 20.7 Å². The fourth-order valence-corrected chi connectivity index (χ4v) is 5.80. The van der Waals surface area contributed by atoms with Crippen LogP contribution in [0.25, 0.3) is 0 Å². The summed E-state index contributed by atoms with van der Waals surface area (Å²) in [7, 11) is 4.00. The van der Waals surface area contributed by atoms with Crippen LogP contribution in [-0.4, -0.2) is 49.1 Å². The van der Waals surface area contributed by atoms with Gasteiger partial charge < -0.3 is 14.4 Å². The number of ether oxygens (including phenoxy) is 2. The Morgan fingerprint density at radius 3 is 3.14 bits per heavy atom. The van der Waals surface area contributed by atoms with E-state index >= 15 is 0 Å². The molecule has 1 spiro atoms. The number of piperidine rings is 1. The lowest BCUT2D eigenvalue weighted by Crippen LogP contribution is -2.76. The molecule has 5 rings (SSSR count). The molecule has 4 heteroatoms. The van der Waals surface area contributed by atoms with Gasteiger partial charge in [-0.15, -0.1) is 0 Å². The van der Waals surface area contributed by atoms with E-state index in [0.29, 0.717) is 12.5 Å². The number of rotatable bonds is 1. The van der Waals surface area contributed by atoms with Crippen LogP contribution >= 0.6 is 0 Å². The van der Waals surface area contributed by atoms with E-state index in [0.717, 1.165) is 31.6 Å². The molecule has 0 amide bonds. The minimum absolute atomic E-state index is 0.230. The molecule has 2 aliphatic heterocycles. The fraction of sp³-hybridized carbons (Fsp3) is 0.611. The summed E-state index contributed by atoms with van der Waals surface area (Å²) in [5.74, 6) is 1.02. The maximum Gasteiger partial charge on any atom is 0.174 e. The monoisotopic (exact) mass is 298 g/mol. The third-order valence-electron chi connectivity index (χ3n) is 6.67. The van der Waals surface area contributed by atoms with Gasteiger partial charge in [0.25, 0.3) is 0 Å². The zero-order valence-corrected chi connectivity index (χ0v) is 13.0. The van der Waals surface area contributed by atoms with Crippen molar-refractivity contribution < 1.29 is 14.3 Å². The molecule has 2 aliphatic carbocycles. The summed E-state index contributed by atoms with van der Waals surface area (Å²) in [5, 5.41) is 0. The highest BCUT2D eigenvalue weighted by molar-refractivity contribution is 5.89. The molecular weight excluding hydrogens is 278 g/mol. The van der Waals surface area contributed by atoms with Crippen LogP contribution in [-0.2, 0) is 21.4 Å². The molecular formula is C18H20NO3. The number of carbonyl (C=O) groups excluding carboxylic acids is 1. The number of hydrogen-bond acceptors (Lipinski definition) is 4. The molecule has 1 saturated heterocycles. The Labute approximate surface area is 130 Å². The van der Waals surface area contributed by atoms with Crippen molar-refractivity contribution in [2.45, 2.75) is 48.8 Å². The Morgan fingerprint density at radius 1 is 1.45 bits per heavy atom. The lowest BCUT2D eigenvalue weighted by Gasteiger charge is -2.63. The Kier molecular flexibility index (Phi) is 2.33. The van der Waals surface area contributed by atoms with Crippen LogP contribution in [0.4, 0.5) is 0 Å².